The van der Waals surface area contributed by atoms with Crippen LogP contribution in [0.5, 0.6) is 0 Å². The quantitative estimate of drug-likeness (QED) is 0.897. The summed E-state index contributed by atoms with van der Waals surface area (Å²) in [4.78, 5) is 22.1. The second-order valence-corrected chi connectivity index (χ2v) is 4.06. The molecule has 2 N–H and O–H groups in total. The summed E-state index contributed by atoms with van der Waals surface area (Å²) < 4.78 is 36.0. The molecule has 0 aliphatic rings. The Morgan fingerprint density at radius 3 is 2.37 bits per heavy atom. The molecule has 1 aromatic carbocycles. The van der Waals surface area contributed by atoms with Crippen molar-refractivity contribution in [3.63, 3.8) is 0 Å². The highest BCUT2D eigenvalue weighted by Gasteiger charge is 2.33. The van der Waals surface area contributed by atoms with Gasteiger partial charge in [-0.05, 0) is 6.07 Å². The molecule has 0 aliphatic heterocycles. The van der Waals surface area contributed by atoms with Crippen molar-refractivity contribution in [2.45, 2.75) is 18.6 Å². The summed E-state index contributed by atoms with van der Waals surface area (Å²) in [6, 6.07) is 4.07. The summed E-state index contributed by atoms with van der Waals surface area (Å²) in [5.41, 5.74) is 0.0205. The zero-order chi connectivity index (χ0) is 14.6. The summed E-state index contributed by atoms with van der Waals surface area (Å²) in [6.07, 6.45) is -6.45. The highest BCUT2D eigenvalue weighted by molar-refractivity contribution is 6.31. The largest absolute Gasteiger partial charge is 0.479 e. The summed E-state index contributed by atoms with van der Waals surface area (Å²) in [5.74, 6) is -2.93. The molecule has 0 saturated carbocycles. The highest BCUT2D eigenvalue weighted by atomic mass is 35.5. The number of hydrogen-bond donors (Lipinski definition) is 2. The minimum atomic E-state index is -4.70. The molecule has 0 saturated heterocycles. The van der Waals surface area contributed by atoms with E-state index >= 15 is 0 Å². The van der Waals surface area contributed by atoms with Crippen molar-refractivity contribution in [3.05, 3.63) is 34.9 Å². The van der Waals surface area contributed by atoms with Gasteiger partial charge in [0, 0.05) is 10.6 Å². The van der Waals surface area contributed by atoms with Crippen molar-refractivity contribution in [1.82, 2.24) is 5.32 Å². The Bertz CT molecular complexity index is 490. The SMILES string of the molecule is O=C(CC(F)(F)F)N[C@@H](C(=O)O)c1ccccc1Cl. The fourth-order valence-corrected chi connectivity index (χ4v) is 1.62. The third kappa shape index (κ3) is 4.78. The summed E-state index contributed by atoms with van der Waals surface area (Å²) in [5, 5.41) is 10.8. The maximum Gasteiger partial charge on any atom is 0.397 e. The molecule has 4 nitrogen and oxygen atoms in total. The summed E-state index contributed by atoms with van der Waals surface area (Å²) in [7, 11) is 0. The fraction of sp³-hybridized carbons (Fsp3) is 0.273. The van der Waals surface area contributed by atoms with Crippen LogP contribution in [0.25, 0.3) is 0 Å². The van der Waals surface area contributed by atoms with Gasteiger partial charge in [-0.1, -0.05) is 29.8 Å². The molecule has 0 fully saturated rings. The maximum atomic E-state index is 12.0. The number of carbonyl (C=O) groups excluding carboxylic acids is 1. The van der Waals surface area contributed by atoms with Gasteiger partial charge < -0.3 is 10.4 Å². The Balaban J connectivity index is 2.89. The number of amides is 1. The molecule has 1 rings (SSSR count). The summed E-state index contributed by atoms with van der Waals surface area (Å²) in [6.45, 7) is 0. The molecule has 1 amide bonds. The normalized spacial score (nSPS) is 12.8. The van der Waals surface area contributed by atoms with E-state index in [1.807, 2.05) is 0 Å². The molecule has 0 aliphatic carbocycles. The third-order valence-electron chi connectivity index (χ3n) is 2.13. The minimum absolute atomic E-state index is 0.0205. The second-order valence-electron chi connectivity index (χ2n) is 3.65. The standard InChI is InChI=1S/C11H9ClF3NO3/c12-7-4-2-1-3-6(7)9(10(18)19)16-8(17)5-11(13,14)15/h1-4,9H,5H2,(H,16,17)(H,18,19)/t9-/m1/s1. The number of alkyl halides is 3. The van der Waals surface area contributed by atoms with E-state index in [0.717, 1.165) is 0 Å². The van der Waals surface area contributed by atoms with E-state index in [9.17, 15) is 22.8 Å². The Labute approximate surface area is 111 Å². The fourth-order valence-electron chi connectivity index (χ4n) is 1.38. The van der Waals surface area contributed by atoms with E-state index in [4.69, 9.17) is 16.7 Å². The number of nitrogens with one attached hydrogen (secondary N) is 1. The molecule has 0 heterocycles. The van der Waals surface area contributed by atoms with Gasteiger partial charge in [0.25, 0.3) is 0 Å². The van der Waals surface area contributed by atoms with E-state index in [0.29, 0.717) is 0 Å². The molecule has 1 aromatic rings. The van der Waals surface area contributed by atoms with Crippen LogP contribution in [-0.2, 0) is 9.59 Å². The number of carboxylic acids is 1. The van der Waals surface area contributed by atoms with Gasteiger partial charge in [-0.2, -0.15) is 13.2 Å². The number of rotatable bonds is 4. The van der Waals surface area contributed by atoms with Gasteiger partial charge in [-0.3, -0.25) is 4.79 Å². The smallest absolute Gasteiger partial charge is 0.397 e. The van der Waals surface area contributed by atoms with Gasteiger partial charge in [0.1, 0.15) is 6.42 Å². The van der Waals surface area contributed by atoms with E-state index < -0.39 is 30.5 Å². The molecule has 104 valence electrons. The number of carbonyl (C=O) groups is 2. The van der Waals surface area contributed by atoms with Crippen LogP contribution in [-0.4, -0.2) is 23.2 Å². The predicted octanol–water partition coefficient (Wildman–Crippen LogP) is 2.53. The monoisotopic (exact) mass is 295 g/mol. The van der Waals surface area contributed by atoms with Crippen molar-refractivity contribution in [3.8, 4) is 0 Å². The van der Waals surface area contributed by atoms with Gasteiger partial charge in [0.05, 0.1) is 0 Å². The van der Waals surface area contributed by atoms with Crippen LogP contribution >= 0.6 is 11.6 Å². The number of carboxylic acid groups (broad SMARTS) is 1. The number of halogens is 4. The summed E-state index contributed by atoms with van der Waals surface area (Å²) >= 11 is 5.74. The van der Waals surface area contributed by atoms with E-state index in [2.05, 4.69) is 0 Å². The van der Waals surface area contributed by atoms with Crippen molar-refractivity contribution in [2.75, 3.05) is 0 Å². The zero-order valence-electron chi connectivity index (χ0n) is 9.37. The molecular weight excluding hydrogens is 287 g/mol. The molecule has 0 spiro atoms. The van der Waals surface area contributed by atoms with Crippen LogP contribution < -0.4 is 5.32 Å². The van der Waals surface area contributed by atoms with Gasteiger partial charge in [0.15, 0.2) is 6.04 Å². The van der Waals surface area contributed by atoms with Gasteiger partial charge in [0.2, 0.25) is 5.91 Å². The van der Waals surface area contributed by atoms with Gasteiger partial charge >= 0.3 is 12.1 Å². The third-order valence-corrected chi connectivity index (χ3v) is 2.47. The Morgan fingerprint density at radius 2 is 1.89 bits per heavy atom. The first kappa shape index (κ1) is 15.3. The number of aliphatic carboxylic acids is 1. The Kier molecular flexibility index (Phi) is 4.77. The molecule has 0 unspecified atom stereocenters. The topological polar surface area (TPSA) is 66.4 Å². The molecule has 0 radical (unpaired) electrons. The Morgan fingerprint density at radius 1 is 1.32 bits per heavy atom. The lowest BCUT2D eigenvalue weighted by Gasteiger charge is -2.16. The van der Waals surface area contributed by atoms with Crippen molar-refractivity contribution < 1.29 is 27.9 Å². The molecular formula is C11H9ClF3NO3. The van der Waals surface area contributed by atoms with Gasteiger partial charge in [-0.25, -0.2) is 4.79 Å². The van der Waals surface area contributed by atoms with Gasteiger partial charge in [-0.15, -0.1) is 0 Å². The average molecular weight is 296 g/mol. The number of hydrogen-bond acceptors (Lipinski definition) is 2. The first-order chi connectivity index (χ1) is 8.70. The second kappa shape index (κ2) is 5.92. The molecule has 0 bridgehead atoms. The molecule has 1 atom stereocenters. The lowest BCUT2D eigenvalue weighted by Crippen LogP contribution is -2.36. The molecule has 19 heavy (non-hydrogen) atoms. The lowest BCUT2D eigenvalue weighted by atomic mass is 10.1. The van der Waals surface area contributed by atoms with Crippen molar-refractivity contribution >= 4 is 23.5 Å². The first-order valence-corrected chi connectivity index (χ1v) is 5.42. The van der Waals surface area contributed by atoms with Crippen LogP contribution in [0.3, 0.4) is 0 Å². The van der Waals surface area contributed by atoms with Crippen LogP contribution in [0.1, 0.15) is 18.0 Å². The van der Waals surface area contributed by atoms with E-state index in [-0.39, 0.29) is 10.6 Å². The van der Waals surface area contributed by atoms with Crippen LogP contribution in [0.4, 0.5) is 13.2 Å². The number of benzene rings is 1. The van der Waals surface area contributed by atoms with E-state index in [1.165, 1.54) is 24.3 Å². The van der Waals surface area contributed by atoms with Crippen LogP contribution in [0.2, 0.25) is 5.02 Å². The molecule has 8 heteroatoms. The molecule has 0 aromatic heterocycles. The lowest BCUT2D eigenvalue weighted by molar-refractivity contribution is -0.156. The van der Waals surface area contributed by atoms with E-state index in [1.54, 1.807) is 5.32 Å². The Hall–Kier alpha value is -1.76. The minimum Gasteiger partial charge on any atom is -0.479 e. The average Bonchev–Trinajstić information content (AvgIpc) is 2.24. The van der Waals surface area contributed by atoms with Crippen molar-refractivity contribution in [1.29, 1.82) is 0 Å². The zero-order valence-corrected chi connectivity index (χ0v) is 10.1. The van der Waals surface area contributed by atoms with Crippen LogP contribution in [0.15, 0.2) is 24.3 Å². The maximum absolute atomic E-state index is 12.0. The van der Waals surface area contributed by atoms with Crippen LogP contribution in [0, 0.1) is 0 Å². The first-order valence-electron chi connectivity index (χ1n) is 5.04. The van der Waals surface area contributed by atoms with Crippen molar-refractivity contribution in [2.24, 2.45) is 0 Å². The predicted molar refractivity (Wildman–Crippen MR) is 60.6 cm³/mol. The highest BCUT2D eigenvalue weighted by Crippen LogP contribution is 2.24.